The molecule has 20 heavy (non-hydrogen) atoms. The molecule has 3 nitrogen and oxygen atoms in total. The summed E-state index contributed by atoms with van der Waals surface area (Å²) in [7, 11) is 3.40. The first-order valence-corrected chi connectivity index (χ1v) is 6.75. The summed E-state index contributed by atoms with van der Waals surface area (Å²) >= 11 is 0. The Bertz CT molecular complexity index is 639. The van der Waals surface area contributed by atoms with E-state index in [1.807, 2.05) is 12.1 Å². The smallest absolute Gasteiger partial charge is 0.123 e. The lowest BCUT2D eigenvalue weighted by Crippen LogP contribution is -2.26. The molecule has 0 aliphatic carbocycles. The Balaban J connectivity index is 2.18. The Morgan fingerprint density at radius 2 is 1.80 bits per heavy atom. The van der Waals surface area contributed by atoms with Crippen molar-refractivity contribution in [3.63, 3.8) is 0 Å². The molecule has 0 spiro atoms. The number of benzene rings is 2. The van der Waals surface area contributed by atoms with Gasteiger partial charge in [0.1, 0.15) is 11.5 Å². The summed E-state index contributed by atoms with van der Waals surface area (Å²) in [5.74, 6) is 1.75. The van der Waals surface area contributed by atoms with Gasteiger partial charge in [-0.05, 0) is 36.8 Å². The molecule has 1 unspecified atom stereocenters. The monoisotopic (exact) mass is 269 g/mol. The van der Waals surface area contributed by atoms with Crippen molar-refractivity contribution in [2.24, 2.45) is 0 Å². The normalized spacial score (nSPS) is 20.1. The first kappa shape index (κ1) is 12.9. The van der Waals surface area contributed by atoms with E-state index in [-0.39, 0.29) is 5.41 Å². The zero-order valence-electron chi connectivity index (χ0n) is 12.1. The minimum Gasteiger partial charge on any atom is -0.497 e. The van der Waals surface area contributed by atoms with Crippen molar-refractivity contribution in [1.29, 1.82) is 0 Å². The van der Waals surface area contributed by atoms with Crippen molar-refractivity contribution < 1.29 is 9.47 Å². The molecule has 0 radical (unpaired) electrons. The molecule has 0 saturated heterocycles. The van der Waals surface area contributed by atoms with Gasteiger partial charge in [0.25, 0.3) is 0 Å². The molecule has 3 heteroatoms. The topological polar surface area (TPSA) is 30.5 Å². The van der Waals surface area contributed by atoms with Crippen LogP contribution in [-0.4, -0.2) is 20.8 Å². The van der Waals surface area contributed by atoms with Crippen molar-refractivity contribution in [3.8, 4) is 11.5 Å². The van der Waals surface area contributed by atoms with E-state index in [0.29, 0.717) is 0 Å². The summed E-state index contributed by atoms with van der Waals surface area (Å²) in [4.78, 5) is 0. The van der Waals surface area contributed by atoms with E-state index in [4.69, 9.17) is 9.47 Å². The minimum atomic E-state index is -0.115. The van der Waals surface area contributed by atoms with Crippen LogP contribution >= 0.6 is 0 Å². The lowest BCUT2D eigenvalue weighted by molar-refractivity contribution is 0.391. The molecule has 2 aromatic rings. The number of fused-ring (bicyclic) bond motifs is 1. The SMILES string of the molecule is COc1ccc(OC)c(C2(C)CNc3ccccc32)c1. The summed E-state index contributed by atoms with van der Waals surface area (Å²) in [5, 5.41) is 3.48. The molecule has 1 atom stereocenters. The third-order valence-corrected chi connectivity index (χ3v) is 4.16. The van der Waals surface area contributed by atoms with Crippen LogP contribution in [0.2, 0.25) is 0 Å². The summed E-state index contributed by atoms with van der Waals surface area (Å²) in [5.41, 5.74) is 3.53. The molecule has 1 heterocycles. The van der Waals surface area contributed by atoms with Crippen LogP contribution in [0.4, 0.5) is 5.69 Å². The zero-order valence-corrected chi connectivity index (χ0v) is 12.1. The van der Waals surface area contributed by atoms with Gasteiger partial charge in [-0.1, -0.05) is 18.2 Å². The van der Waals surface area contributed by atoms with Gasteiger partial charge in [-0.2, -0.15) is 0 Å². The fourth-order valence-electron chi connectivity index (χ4n) is 2.97. The predicted molar refractivity (Wildman–Crippen MR) is 80.9 cm³/mol. The number of methoxy groups -OCH3 is 2. The number of rotatable bonds is 3. The van der Waals surface area contributed by atoms with Crippen molar-refractivity contribution in [2.75, 3.05) is 26.1 Å². The summed E-state index contributed by atoms with van der Waals surface area (Å²) in [6, 6.07) is 14.4. The van der Waals surface area contributed by atoms with Crippen LogP contribution in [0.1, 0.15) is 18.1 Å². The third kappa shape index (κ3) is 1.82. The summed E-state index contributed by atoms with van der Waals surface area (Å²) in [6.45, 7) is 3.10. The maximum absolute atomic E-state index is 5.55. The number of hydrogen-bond donors (Lipinski definition) is 1. The Hall–Kier alpha value is -2.16. The number of para-hydroxylation sites is 1. The molecule has 104 valence electrons. The average molecular weight is 269 g/mol. The maximum Gasteiger partial charge on any atom is 0.123 e. The molecular weight excluding hydrogens is 250 g/mol. The van der Waals surface area contributed by atoms with Gasteiger partial charge in [-0.15, -0.1) is 0 Å². The van der Waals surface area contributed by atoms with E-state index in [0.717, 1.165) is 23.6 Å². The molecule has 0 fully saturated rings. The van der Waals surface area contributed by atoms with Crippen molar-refractivity contribution >= 4 is 5.69 Å². The minimum absolute atomic E-state index is 0.115. The second kappa shape index (κ2) is 4.75. The number of anilines is 1. The van der Waals surface area contributed by atoms with E-state index >= 15 is 0 Å². The fourth-order valence-corrected chi connectivity index (χ4v) is 2.97. The highest BCUT2D eigenvalue weighted by Crippen LogP contribution is 2.45. The Labute approximate surface area is 119 Å². The molecule has 0 bridgehead atoms. The number of ether oxygens (including phenoxy) is 2. The average Bonchev–Trinajstić information content (AvgIpc) is 2.85. The molecule has 1 aliphatic rings. The quantitative estimate of drug-likeness (QED) is 0.926. The first-order valence-electron chi connectivity index (χ1n) is 6.75. The van der Waals surface area contributed by atoms with Crippen LogP contribution in [0.25, 0.3) is 0 Å². The first-order chi connectivity index (χ1) is 9.69. The van der Waals surface area contributed by atoms with Crippen molar-refractivity contribution in [3.05, 3.63) is 53.6 Å². The van der Waals surface area contributed by atoms with E-state index in [1.165, 1.54) is 11.3 Å². The van der Waals surface area contributed by atoms with Gasteiger partial charge in [0.05, 0.1) is 14.2 Å². The van der Waals surface area contributed by atoms with Gasteiger partial charge in [-0.25, -0.2) is 0 Å². The van der Waals surface area contributed by atoms with Gasteiger partial charge in [-0.3, -0.25) is 0 Å². The molecule has 0 saturated carbocycles. The molecule has 2 aromatic carbocycles. The molecule has 3 rings (SSSR count). The van der Waals surface area contributed by atoms with E-state index in [2.05, 4.69) is 42.6 Å². The lowest BCUT2D eigenvalue weighted by Gasteiger charge is -2.27. The Morgan fingerprint density at radius 1 is 1.00 bits per heavy atom. The van der Waals surface area contributed by atoms with Crippen LogP contribution in [0.15, 0.2) is 42.5 Å². The van der Waals surface area contributed by atoms with Gasteiger partial charge < -0.3 is 14.8 Å². The molecular formula is C17H19NO2. The highest BCUT2D eigenvalue weighted by Gasteiger charge is 2.38. The third-order valence-electron chi connectivity index (χ3n) is 4.16. The zero-order chi connectivity index (χ0) is 14.2. The van der Waals surface area contributed by atoms with Crippen LogP contribution in [0, 0.1) is 0 Å². The van der Waals surface area contributed by atoms with E-state index < -0.39 is 0 Å². The molecule has 0 aromatic heterocycles. The summed E-state index contributed by atoms with van der Waals surface area (Å²) in [6.07, 6.45) is 0. The Kier molecular flexibility index (Phi) is 3.05. The molecule has 1 N–H and O–H groups in total. The van der Waals surface area contributed by atoms with Gasteiger partial charge >= 0.3 is 0 Å². The maximum atomic E-state index is 5.55. The van der Waals surface area contributed by atoms with Gasteiger partial charge in [0, 0.05) is 23.2 Å². The largest absolute Gasteiger partial charge is 0.497 e. The number of hydrogen-bond acceptors (Lipinski definition) is 3. The van der Waals surface area contributed by atoms with Gasteiger partial charge in [0.2, 0.25) is 0 Å². The van der Waals surface area contributed by atoms with Crippen LogP contribution < -0.4 is 14.8 Å². The van der Waals surface area contributed by atoms with Gasteiger partial charge in [0.15, 0.2) is 0 Å². The van der Waals surface area contributed by atoms with Crippen LogP contribution in [-0.2, 0) is 5.41 Å². The molecule has 0 amide bonds. The predicted octanol–water partition coefficient (Wildman–Crippen LogP) is 3.44. The summed E-state index contributed by atoms with van der Waals surface area (Å²) < 4.78 is 10.9. The highest BCUT2D eigenvalue weighted by atomic mass is 16.5. The van der Waals surface area contributed by atoms with Crippen molar-refractivity contribution in [1.82, 2.24) is 0 Å². The fraction of sp³-hybridized carbons (Fsp3) is 0.294. The van der Waals surface area contributed by atoms with Crippen molar-refractivity contribution in [2.45, 2.75) is 12.3 Å². The van der Waals surface area contributed by atoms with Crippen LogP contribution in [0.5, 0.6) is 11.5 Å². The second-order valence-corrected chi connectivity index (χ2v) is 5.30. The second-order valence-electron chi connectivity index (χ2n) is 5.30. The van der Waals surface area contributed by atoms with Crippen LogP contribution in [0.3, 0.4) is 0 Å². The lowest BCUT2D eigenvalue weighted by atomic mass is 9.77. The molecule has 1 aliphatic heterocycles. The highest BCUT2D eigenvalue weighted by molar-refractivity contribution is 5.65. The van der Waals surface area contributed by atoms with E-state index in [1.54, 1.807) is 14.2 Å². The van der Waals surface area contributed by atoms with E-state index in [9.17, 15) is 0 Å². The standard InChI is InChI=1S/C17H19NO2/c1-17(11-18-15-7-5-4-6-13(15)17)14-10-12(19-2)8-9-16(14)20-3/h4-10,18H,11H2,1-3H3. The number of nitrogens with one attached hydrogen (secondary N) is 1. The Morgan fingerprint density at radius 3 is 2.55 bits per heavy atom.